The minimum Gasteiger partial charge on any atom is -0.468 e. The highest BCUT2D eigenvalue weighted by Gasteiger charge is 2.30. The van der Waals surface area contributed by atoms with Gasteiger partial charge in [0.05, 0.1) is 16.4 Å². The standard InChI is InChI=1S/C16H18ClNO3S2/c1-12-13(17)4-2-6-16(12)23(19,20)18-8-7-15(22-11-9-18)14-5-3-10-21-14/h2-6,10,15H,7-9,11H2,1H3/t15-/m1/s1. The molecule has 23 heavy (non-hydrogen) atoms. The summed E-state index contributed by atoms with van der Waals surface area (Å²) in [6.07, 6.45) is 2.39. The summed E-state index contributed by atoms with van der Waals surface area (Å²) in [6, 6.07) is 8.83. The van der Waals surface area contributed by atoms with Gasteiger partial charge in [-0.15, -0.1) is 11.8 Å². The molecular weight excluding hydrogens is 354 g/mol. The maximum absolute atomic E-state index is 12.9. The Balaban J connectivity index is 1.82. The number of rotatable bonds is 3. The van der Waals surface area contributed by atoms with Crippen LogP contribution >= 0.6 is 23.4 Å². The van der Waals surface area contributed by atoms with E-state index in [1.807, 2.05) is 12.1 Å². The van der Waals surface area contributed by atoms with E-state index in [0.717, 1.165) is 17.9 Å². The molecule has 7 heteroatoms. The van der Waals surface area contributed by atoms with E-state index in [9.17, 15) is 8.42 Å². The lowest BCUT2D eigenvalue weighted by atomic mass is 10.2. The van der Waals surface area contributed by atoms with Gasteiger partial charge in [0.15, 0.2) is 0 Å². The van der Waals surface area contributed by atoms with Crippen LogP contribution in [-0.4, -0.2) is 31.6 Å². The van der Waals surface area contributed by atoms with Crippen LogP contribution < -0.4 is 0 Å². The van der Waals surface area contributed by atoms with Crippen molar-refractivity contribution >= 4 is 33.4 Å². The van der Waals surface area contributed by atoms with Gasteiger partial charge in [0.1, 0.15) is 5.76 Å². The van der Waals surface area contributed by atoms with Gasteiger partial charge < -0.3 is 4.42 Å². The predicted molar refractivity (Wildman–Crippen MR) is 93.5 cm³/mol. The lowest BCUT2D eigenvalue weighted by Gasteiger charge is -2.21. The summed E-state index contributed by atoms with van der Waals surface area (Å²) < 4.78 is 32.9. The summed E-state index contributed by atoms with van der Waals surface area (Å²) in [5.41, 5.74) is 0.605. The van der Waals surface area contributed by atoms with Crippen LogP contribution in [0.1, 0.15) is 23.0 Å². The zero-order valence-electron chi connectivity index (χ0n) is 12.7. The Kier molecular flexibility index (Phi) is 5.06. The Hall–Kier alpha value is -0.950. The Morgan fingerprint density at radius 2 is 2.09 bits per heavy atom. The molecule has 1 fully saturated rings. The van der Waals surface area contributed by atoms with Crippen LogP contribution in [0.3, 0.4) is 0 Å². The molecule has 0 radical (unpaired) electrons. The average molecular weight is 372 g/mol. The number of benzene rings is 1. The van der Waals surface area contributed by atoms with Gasteiger partial charge in [-0.25, -0.2) is 8.42 Å². The van der Waals surface area contributed by atoms with Crippen LogP contribution in [0.15, 0.2) is 45.9 Å². The molecule has 0 unspecified atom stereocenters. The molecule has 2 heterocycles. The van der Waals surface area contributed by atoms with E-state index in [1.165, 1.54) is 0 Å². The molecular formula is C16H18ClNO3S2. The molecule has 1 saturated heterocycles. The van der Waals surface area contributed by atoms with Crippen molar-refractivity contribution in [1.82, 2.24) is 4.31 Å². The molecule has 1 aliphatic rings. The van der Waals surface area contributed by atoms with Gasteiger partial charge in [0.2, 0.25) is 10.0 Å². The van der Waals surface area contributed by atoms with E-state index in [4.69, 9.17) is 16.0 Å². The van der Waals surface area contributed by atoms with Gasteiger partial charge in [-0.3, -0.25) is 0 Å². The average Bonchev–Trinajstić information content (AvgIpc) is 2.94. The smallest absolute Gasteiger partial charge is 0.243 e. The van der Waals surface area contributed by atoms with Crippen molar-refractivity contribution in [3.8, 4) is 0 Å². The molecule has 0 spiro atoms. The van der Waals surface area contributed by atoms with Crippen molar-refractivity contribution < 1.29 is 12.8 Å². The van der Waals surface area contributed by atoms with Crippen LogP contribution in [-0.2, 0) is 10.0 Å². The molecule has 2 aromatic rings. The zero-order chi connectivity index (χ0) is 16.4. The van der Waals surface area contributed by atoms with E-state index in [2.05, 4.69) is 0 Å². The van der Waals surface area contributed by atoms with Gasteiger partial charge in [-0.1, -0.05) is 17.7 Å². The van der Waals surface area contributed by atoms with Crippen molar-refractivity contribution in [3.63, 3.8) is 0 Å². The second kappa shape index (κ2) is 6.89. The number of hydrogen-bond donors (Lipinski definition) is 0. The van der Waals surface area contributed by atoms with E-state index >= 15 is 0 Å². The van der Waals surface area contributed by atoms with E-state index in [1.54, 1.807) is 47.5 Å². The highest BCUT2D eigenvalue weighted by molar-refractivity contribution is 7.99. The third kappa shape index (κ3) is 3.45. The molecule has 0 saturated carbocycles. The molecule has 1 aliphatic heterocycles. The molecule has 3 rings (SSSR count). The highest BCUT2D eigenvalue weighted by atomic mass is 35.5. The van der Waals surface area contributed by atoms with Gasteiger partial charge in [-0.05, 0) is 43.2 Å². The number of furan rings is 1. The van der Waals surface area contributed by atoms with Gasteiger partial charge in [-0.2, -0.15) is 4.31 Å². The summed E-state index contributed by atoms with van der Waals surface area (Å²) in [7, 11) is -3.53. The minimum atomic E-state index is -3.53. The van der Waals surface area contributed by atoms with Crippen molar-refractivity contribution in [2.45, 2.75) is 23.5 Å². The summed E-state index contributed by atoms with van der Waals surface area (Å²) in [5.74, 6) is 1.65. The van der Waals surface area contributed by atoms with Crippen molar-refractivity contribution in [3.05, 3.63) is 52.9 Å². The lowest BCUT2D eigenvalue weighted by Crippen LogP contribution is -2.33. The van der Waals surface area contributed by atoms with Crippen LogP contribution in [0.2, 0.25) is 5.02 Å². The summed E-state index contributed by atoms with van der Waals surface area (Å²) in [6.45, 7) is 2.72. The topological polar surface area (TPSA) is 50.5 Å². The Bertz CT molecular complexity index is 775. The number of thioether (sulfide) groups is 1. The molecule has 1 aromatic heterocycles. The lowest BCUT2D eigenvalue weighted by molar-refractivity contribution is 0.417. The minimum absolute atomic E-state index is 0.200. The summed E-state index contributed by atoms with van der Waals surface area (Å²) >= 11 is 7.82. The highest BCUT2D eigenvalue weighted by Crippen LogP contribution is 2.36. The molecule has 4 nitrogen and oxygen atoms in total. The third-order valence-electron chi connectivity index (χ3n) is 4.00. The van der Waals surface area contributed by atoms with Gasteiger partial charge in [0, 0.05) is 23.9 Å². The first kappa shape index (κ1) is 16.9. The fraction of sp³-hybridized carbons (Fsp3) is 0.375. The Morgan fingerprint density at radius 1 is 1.26 bits per heavy atom. The zero-order valence-corrected chi connectivity index (χ0v) is 15.1. The molecule has 0 aliphatic carbocycles. The molecule has 0 amide bonds. The van der Waals surface area contributed by atoms with Gasteiger partial charge >= 0.3 is 0 Å². The van der Waals surface area contributed by atoms with Crippen LogP contribution in [0.25, 0.3) is 0 Å². The van der Waals surface area contributed by atoms with Crippen LogP contribution in [0.4, 0.5) is 0 Å². The van der Waals surface area contributed by atoms with E-state index in [-0.39, 0.29) is 5.25 Å². The monoisotopic (exact) mass is 371 g/mol. The van der Waals surface area contributed by atoms with Crippen molar-refractivity contribution in [2.24, 2.45) is 0 Å². The first-order valence-electron chi connectivity index (χ1n) is 7.40. The fourth-order valence-electron chi connectivity index (χ4n) is 2.70. The SMILES string of the molecule is Cc1c(Cl)cccc1S(=O)(=O)N1CCS[C@@H](c2ccco2)CC1. The molecule has 124 valence electrons. The predicted octanol–water partition coefficient (Wildman–Crippen LogP) is 4.11. The molecule has 0 N–H and O–H groups in total. The quantitative estimate of drug-likeness (QED) is 0.814. The van der Waals surface area contributed by atoms with Crippen LogP contribution in [0, 0.1) is 6.92 Å². The second-order valence-electron chi connectivity index (χ2n) is 5.43. The molecule has 1 aromatic carbocycles. The van der Waals surface area contributed by atoms with E-state index in [0.29, 0.717) is 28.6 Å². The Morgan fingerprint density at radius 3 is 2.83 bits per heavy atom. The molecule has 1 atom stereocenters. The maximum Gasteiger partial charge on any atom is 0.243 e. The third-order valence-corrected chi connectivity index (χ3v) is 7.74. The number of hydrogen-bond acceptors (Lipinski definition) is 4. The number of nitrogens with zero attached hydrogens (tertiary/aromatic N) is 1. The molecule has 0 bridgehead atoms. The summed E-state index contributed by atoms with van der Waals surface area (Å²) in [5, 5.41) is 0.675. The number of halogens is 1. The largest absolute Gasteiger partial charge is 0.468 e. The fourth-order valence-corrected chi connectivity index (χ4v) is 5.93. The first-order chi connectivity index (χ1) is 11.0. The maximum atomic E-state index is 12.9. The second-order valence-corrected chi connectivity index (χ2v) is 9.05. The van der Waals surface area contributed by atoms with Gasteiger partial charge in [0.25, 0.3) is 0 Å². The normalized spacial score (nSPS) is 20.3. The Labute approximate surface area is 145 Å². The number of sulfonamides is 1. The van der Waals surface area contributed by atoms with Crippen molar-refractivity contribution in [1.29, 1.82) is 0 Å². The van der Waals surface area contributed by atoms with E-state index < -0.39 is 10.0 Å². The first-order valence-corrected chi connectivity index (χ1v) is 10.3. The van der Waals surface area contributed by atoms with Crippen molar-refractivity contribution in [2.75, 3.05) is 18.8 Å². The van der Waals surface area contributed by atoms with Crippen LogP contribution in [0.5, 0.6) is 0 Å². The summed E-state index contributed by atoms with van der Waals surface area (Å²) in [4.78, 5) is 0.298.